The third-order valence-electron chi connectivity index (χ3n) is 17.7. The van der Waals surface area contributed by atoms with E-state index in [0.717, 1.165) is 22.4 Å². The number of hydrogen-bond donors (Lipinski definition) is 0. The lowest BCUT2D eigenvalue weighted by molar-refractivity contribution is 0.794. The molecule has 0 N–H and O–H groups in total. The van der Waals surface area contributed by atoms with Crippen LogP contribution < -0.4 is 0 Å². The van der Waals surface area contributed by atoms with Crippen molar-refractivity contribution < 1.29 is 0 Å². The van der Waals surface area contributed by atoms with Gasteiger partial charge in [0, 0.05) is 122 Å². The molecule has 14 aromatic rings. The molecular weight excluding hydrogens is 1230 g/mol. The second-order valence-electron chi connectivity index (χ2n) is 23.6. The largest absolute Gasteiger partial charge is 0.350 e. The normalized spacial score (nSPS) is 9.73. The van der Waals surface area contributed by atoms with E-state index in [1.807, 2.05) is 171 Å². The molecule has 10 nitrogen and oxygen atoms in total. The summed E-state index contributed by atoms with van der Waals surface area (Å²) in [6.07, 6.45) is 19.6. The Morgan fingerprint density at radius 2 is 0.663 bits per heavy atom. The van der Waals surface area contributed by atoms with Gasteiger partial charge in [-0.25, -0.2) is 0 Å². The van der Waals surface area contributed by atoms with Gasteiger partial charge in [0.2, 0.25) is 0 Å². The third-order valence-corrected chi connectivity index (χ3v) is 17.7. The number of fused-ring (bicyclic) bond motifs is 7. The highest BCUT2D eigenvalue weighted by atomic mass is 15.2. The first-order chi connectivity index (χ1) is 48.4. The minimum Gasteiger partial charge on any atom is -0.350 e. The summed E-state index contributed by atoms with van der Waals surface area (Å²) in [7, 11) is 8.19. The minimum absolute atomic E-state index is 1.08. The van der Waals surface area contributed by atoms with Crippen LogP contribution in [0.2, 0.25) is 0 Å². The molecule has 0 aliphatic heterocycles. The summed E-state index contributed by atoms with van der Waals surface area (Å²) >= 11 is 0. The van der Waals surface area contributed by atoms with Crippen molar-refractivity contribution in [1.82, 2.24) is 48.4 Å². The number of aryl methyl sites for hydroxylation is 21. The summed E-state index contributed by atoms with van der Waals surface area (Å²) < 4.78 is 8.36. The van der Waals surface area contributed by atoms with Gasteiger partial charge >= 0.3 is 0 Å². The lowest BCUT2D eigenvalue weighted by atomic mass is 9.99. The number of nitrogens with zero attached hydrogens (tertiary/aromatic N) is 10. The van der Waals surface area contributed by atoms with Crippen molar-refractivity contribution in [3.8, 4) is 0 Å². The molecular formula is C91H130N10. The van der Waals surface area contributed by atoms with E-state index in [1.165, 1.54) is 149 Å². The summed E-state index contributed by atoms with van der Waals surface area (Å²) in [5, 5.41) is 14.5. The Balaban J connectivity index is 0.000000572. The van der Waals surface area contributed by atoms with Crippen molar-refractivity contribution in [2.24, 2.45) is 28.2 Å². The Kier molecular flexibility index (Phi) is 40.4. The SMILES string of the molecule is CC.CC.CC.CC.CC.CC.CC.Cc1ccc2ccn(C)c2c1C.Cc1ccc2ccnc(C)c2c1C.Cc1ccc2cncc(C)c2c1C.Cc1ccc2cnn(C)c2c1C.Cc1ccc2nccc(C)c2c1C.Cc1cnc2ccn(C)c2c1C.Cc1ncc2ccn(C)c2c1C. The number of rotatable bonds is 0. The predicted molar refractivity (Wildman–Crippen MR) is 450 cm³/mol. The van der Waals surface area contributed by atoms with Gasteiger partial charge in [-0.2, -0.15) is 5.10 Å². The fraction of sp³-hybridized carbons (Fsp3) is 0.385. The van der Waals surface area contributed by atoms with Crippen LogP contribution in [0.15, 0.2) is 153 Å². The summed E-state index contributed by atoms with van der Waals surface area (Å²) in [6, 6.07) is 31.9. The molecule has 10 heteroatoms. The molecule has 9 aromatic heterocycles. The maximum Gasteiger partial charge on any atom is 0.0883 e. The second kappa shape index (κ2) is 45.5. The molecule has 0 aliphatic carbocycles. The average Bonchev–Trinajstić information content (AvgIpc) is 1.81. The van der Waals surface area contributed by atoms with E-state index in [0.29, 0.717) is 0 Å². The summed E-state index contributed by atoms with van der Waals surface area (Å²) in [6.45, 7) is 64.2. The van der Waals surface area contributed by atoms with Crippen LogP contribution in [0.1, 0.15) is 192 Å². The van der Waals surface area contributed by atoms with Crippen LogP contribution in [0.3, 0.4) is 0 Å². The van der Waals surface area contributed by atoms with E-state index in [4.69, 9.17) is 0 Å². The standard InChI is InChI=1S/3C12H13N.C11H13N.3C10H12N2.7C2H6/c1-8-4-5-11-7-13-6-9(2)12(11)10(8)3;1-8-4-5-11-6-7-13-10(3)12(11)9(8)2;1-8-4-5-11-12(10(8)3)9(2)6-7-13-11;1-8-4-5-10-6-7-12(3)11(10)9(8)2;1-7-8(2)11-6-9-4-5-12(3)10(7)9;1-7-6-11-9-4-5-12(3)10(9)8(7)2;1-7-4-5-9-6-11-12(3)10(9)8(7)2;7*1-2/h3*4-7H,1-3H3;4-7H,1-3H3;3*4-6H,1-3H3;7*1-2H3. The molecule has 5 aromatic carbocycles. The van der Waals surface area contributed by atoms with Gasteiger partial charge in [-0.05, 0) is 254 Å². The highest BCUT2D eigenvalue weighted by molar-refractivity contribution is 5.90. The van der Waals surface area contributed by atoms with Crippen molar-refractivity contribution in [2.45, 2.75) is 215 Å². The highest BCUT2D eigenvalue weighted by Crippen LogP contribution is 2.28. The molecule has 0 radical (unpaired) electrons. The Hall–Kier alpha value is -9.28. The van der Waals surface area contributed by atoms with E-state index in [2.05, 4.69) is 273 Å². The van der Waals surface area contributed by atoms with Gasteiger partial charge in [0.05, 0.1) is 39.3 Å². The quantitative estimate of drug-likeness (QED) is 0.150. The van der Waals surface area contributed by atoms with Gasteiger partial charge < -0.3 is 13.7 Å². The second-order valence-corrected chi connectivity index (χ2v) is 23.6. The number of hydrogen-bond acceptors (Lipinski definition) is 6. The lowest BCUT2D eigenvalue weighted by Crippen LogP contribution is -1.92. The molecule has 0 atom stereocenters. The van der Waals surface area contributed by atoms with E-state index in [-0.39, 0.29) is 0 Å². The Morgan fingerprint density at radius 1 is 0.238 bits per heavy atom. The zero-order valence-electron chi connectivity index (χ0n) is 69.4. The molecule has 544 valence electrons. The first-order valence-corrected chi connectivity index (χ1v) is 37.0. The number of benzene rings is 5. The average molecular weight is 1360 g/mol. The van der Waals surface area contributed by atoms with Gasteiger partial charge in [0.15, 0.2) is 0 Å². The molecule has 0 aliphatic rings. The van der Waals surface area contributed by atoms with E-state index >= 15 is 0 Å². The zero-order valence-corrected chi connectivity index (χ0v) is 69.4. The molecule has 0 spiro atoms. The first-order valence-electron chi connectivity index (χ1n) is 37.0. The zero-order chi connectivity index (χ0) is 77.1. The smallest absolute Gasteiger partial charge is 0.0883 e. The lowest BCUT2D eigenvalue weighted by Gasteiger charge is -2.07. The molecule has 14 rings (SSSR count). The summed E-state index contributed by atoms with van der Waals surface area (Å²) in [4.78, 5) is 21.5. The van der Waals surface area contributed by atoms with Crippen molar-refractivity contribution in [3.63, 3.8) is 0 Å². The van der Waals surface area contributed by atoms with Crippen molar-refractivity contribution in [1.29, 1.82) is 0 Å². The monoisotopic (exact) mass is 1360 g/mol. The van der Waals surface area contributed by atoms with Crippen molar-refractivity contribution in [3.05, 3.63) is 248 Å². The fourth-order valence-corrected chi connectivity index (χ4v) is 11.6. The predicted octanol–water partition coefficient (Wildman–Crippen LogP) is 26.0. The molecule has 0 unspecified atom stereocenters. The van der Waals surface area contributed by atoms with Crippen LogP contribution >= 0.6 is 0 Å². The Bertz CT molecular complexity index is 4230. The van der Waals surface area contributed by atoms with Gasteiger partial charge in [-0.15, -0.1) is 0 Å². The van der Waals surface area contributed by atoms with Gasteiger partial charge in [0.1, 0.15) is 0 Å². The molecule has 0 fully saturated rings. The van der Waals surface area contributed by atoms with E-state index < -0.39 is 0 Å². The third kappa shape index (κ3) is 23.1. The van der Waals surface area contributed by atoms with Crippen LogP contribution in [0, 0.1) is 118 Å². The van der Waals surface area contributed by atoms with Gasteiger partial charge in [-0.3, -0.25) is 29.6 Å². The maximum absolute atomic E-state index is 4.34. The van der Waals surface area contributed by atoms with Crippen LogP contribution in [-0.4, -0.2) is 48.4 Å². The number of aromatic nitrogens is 10. The van der Waals surface area contributed by atoms with Crippen LogP contribution in [0.25, 0.3) is 76.2 Å². The first kappa shape index (κ1) is 89.7. The van der Waals surface area contributed by atoms with Crippen molar-refractivity contribution in [2.75, 3.05) is 0 Å². The fourth-order valence-electron chi connectivity index (χ4n) is 11.6. The number of pyridine rings is 5. The molecule has 0 saturated carbocycles. The van der Waals surface area contributed by atoms with Crippen LogP contribution in [-0.2, 0) is 28.2 Å². The molecule has 0 amide bonds. The molecule has 0 bridgehead atoms. The molecule has 0 saturated heterocycles. The summed E-state index contributed by atoms with van der Waals surface area (Å²) in [5.41, 5.74) is 29.5. The van der Waals surface area contributed by atoms with E-state index in [1.54, 1.807) is 0 Å². The van der Waals surface area contributed by atoms with Crippen LogP contribution in [0.4, 0.5) is 0 Å². The maximum atomic E-state index is 4.34. The van der Waals surface area contributed by atoms with E-state index in [9.17, 15) is 0 Å². The molecule has 9 heterocycles. The van der Waals surface area contributed by atoms with Crippen LogP contribution in [0.5, 0.6) is 0 Å². The molecule has 101 heavy (non-hydrogen) atoms. The minimum atomic E-state index is 1.08. The van der Waals surface area contributed by atoms with Crippen molar-refractivity contribution >= 4 is 76.2 Å². The Labute approximate surface area is 611 Å². The topological polar surface area (TPSA) is 97.1 Å². The van der Waals surface area contributed by atoms with Gasteiger partial charge in [-0.1, -0.05) is 152 Å². The Morgan fingerprint density at radius 3 is 1.24 bits per heavy atom. The summed E-state index contributed by atoms with van der Waals surface area (Å²) in [5.74, 6) is 0. The highest BCUT2D eigenvalue weighted by Gasteiger charge is 2.09. The van der Waals surface area contributed by atoms with Gasteiger partial charge in [0.25, 0.3) is 0 Å².